The Bertz CT molecular complexity index is 658. The van der Waals surface area contributed by atoms with E-state index >= 15 is 0 Å². The largest absolute Gasteiger partial charge is 0.340 e. The van der Waals surface area contributed by atoms with Crippen LogP contribution < -0.4 is 0 Å². The maximum atomic E-state index is 12.7. The summed E-state index contributed by atoms with van der Waals surface area (Å²) in [7, 11) is -3.48. The lowest BCUT2D eigenvalue weighted by Gasteiger charge is -2.33. The lowest BCUT2D eigenvalue weighted by molar-refractivity contribution is -0.129. The molecule has 2 rings (SSSR count). The van der Waals surface area contributed by atoms with Crippen LogP contribution >= 0.6 is 0 Å². The van der Waals surface area contributed by atoms with Crippen LogP contribution in [0.4, 0.5) is 0 Å². The predicted octanol–water partition coefficient (Wildman–Crippen LogP) is 2.23. The quantitative estimate of drug-likeness (QED) is 0.846. The van der Waals surface area contributed by atoms with Gasteiger partial charge in [0.25, 0.3) is 0 Å². The lowest BCUT2D eigenvalue weighted by Crippen LogP contribution is -2.49. The summed E-state index contributed by atoms with van der Waals surface area (Å²) >= 11 is 0. The van der Waals surface area contributed by atoms with Gasteiger partial charge in [0.1, 0.15) is 0 Å². The molecule has 1 aromatic rings. The molecular formula is C17H26N2O3S. The molecule has 5 nitrogen and oxygen atoms in total. The van der Waals surface area contributed by atoms with E-state index in [4.69, 9.17) is 0 Å². The molecule has 0 aromatic heterocycles. The molecule has 0 radical (unpaired) electrons. The van der Waals surface area contributed by atoms with Crippen molar-refractivity contribution in [1.82, 2.24) is 9.21 Å². The summed E-state index contributed by atoms with van der Waals surface area (Å²) in [6.45, 7) is 9.55. The normalized spacial score (nSPS) is 17.3. The van der Waals surface area contributed by atoms with E-state index in [0.717, 1.165) is 12.0 Å². The summed E-state index contributed by atoms with van der Waals surface area (Å²) in [5, 5.41) is 0. The Balaban J connectivity index is 2.16. The Morgan fingerprint density at radius 1 is 1.09 bits per heavy atom. The van der Waals surface area contributed by atoms with Crippen molar-refractivity contribution in [2.75, 3.05) is 26.2 Å². The summed E-state index contributed by atoms with van der Waals surface area (Å²) < 4.78 is 26.9. The summed E-state index contributed by atoms with van der Waals surface area (Å²) in [4.78, 5) is 13.3. The van der Waals surface area contributed by atoms with Gasteiger partial charge in [0.2, 0.25) is 15.9 Å². The second-order valence-electron chi connectivity index (χ2n) is 6.67. The molecule has 1 heterocycles. The third-order valence-corrected chi connectivity index (χ3v) is 6.75. The number of sulfonamides is 1. The van der Waals surface area contributed by atoms with Gasteiger partial charge in [-0.2, -0.15) is 4.31 Å². The first-order valence-corrected chi connectivity index (χ1v) is 9.48. The van der Waals surface area contributed by atoms with Gasteiger partial charge in [0.15, 0.2) is 0 Å². The minimum Gasteiger partial charge on any atom is -0.340 e. The molecule has 1 aliphatic rings. The van der Waals surface area contributed by atoms with Crippen molar-refractivity contribution < 1.29 is 13.2 Å². The van der Waals surface area contributed by atoms with E-state index < -0.39 is 10.0 Å². The maximum Gasteiger partial charge on any atom is 0.243 e. The molecule has 1 amide bonds. The smallest absolute Gasteiger partial charge is 0.243 e. The molecular weight excluding hydrogens is 312 g/mol. The maximum absolute atomic E-state index is 12.7. The van der Waals surface area contributed by atoms with Crippen LogP contribution in [0.1, 0.15) is 39.7 Å². The van der Waals surface area contributed by atoms with Crippen molar-refractivity contribution in [3.63, 3.8) is 0 Å². The monoisotopic (exact) mass is 338 g/mol. The van der Waals surface area contributed by atoms with Crippen LogP contribution in [0.5, 0.6) is 0 Å². The number of rotatable bonds is 4. The number of piperazine rings is 1. The van der Waals surface area contributed by atoms with Gasteiger partial charge in [-0.15, -0.1) is 0 Å². The highest BCUT2D eigenvalue weighted by Gasteiger charge is 2.29. The van der Waals surface area contributed by atoms with Gasteiger partial charge in [0.05, 0.1) is 4.90 Å². The minimum atomic E-state index is -3.48. The van der Waals surface area contributed by atoms with Crippen molar-refractivity contribution in [2.24, 2.45) is 0 Å². The van der Waals surface area contributed by atoms with Gasteiger partial charge in [0, 0.05) is 33.1 Å². The topological polar surface area (TPSA) is 57.7 Å². The van der Waals surface area contributed by atoms with Crippen molar-refractivity contribution in [3.8, 4) is 0 Å². The Morgan fingerprint density at radius 3 is 2.04 bits per heavy atom. The fourth-order valence-electron chi connectivity index (χ4n) is 2.67. The van der Waals surface area contributed by atoms with E-state index in [-0.39, 0.29) is 11.3 Å². The fourth-order valence-corrected chi connectivity index (χ4v) is 4.10. The summed E-state index contributed by atoms with van der Waals surface area (Å²) in [5.41, 5.74) is 1.18. The molecule has 1 aromatic carbocycles. The first kappa shape index (κ1) is 17.9. The standard InChI is InChI=1S/C17H26N2O3S/c1-5-17(3,4)15-6-8-16(9-7-15)23(21,22)19-12-10-18(11-13-19)14(2)20/h6-9H,5,10-13H2,1-4H3. The zero-order valence-electron chi connectivity index (χ0n) is 14.4. The van der Waals surface area contributed by atoms with Crippen LogP contribution in [0.2, 0.25) is 0 Å². The lowest BCUT2D eigenvalue weighted by atomic mass is 9.82. The molecule has 0 spiro atoms. The fraction of sp³-hybridized carbons (Fsp3) is 0.588. The Hall–Kier alpha value is -1.40. The molecule has 0 N–H and O–H groups in total. The van der Waals surface area contributed by atoms with Gasteiger partial charge in [-0.3, -0.25) is 4.79 Å². The van der Waals surface area contributed by atoms with Crippen LogP contribution in [0, 0.1) is 0 Å². The first-order valence-electron chi connectivity index (χ1n) is 8.04. The van der Waals surface area contributed by atoms with E-state index in [9.17, 15) is 13.2 Å². The Kier molecular flexibility index (Phi) is 5.16. The number of amides is 1. The van der Waals surface area contributed by atoms with E-state index in [0.29, 0.717) is 31.1 Å². The molecule has 0 bridgehead atoms. The molecule has 0 saturated carbocycles. The molecule has 1 fully saturated rings. The van der Waals surface area contributed by atoms with E-state index in [1.807, 2.05) is 12.1 Å². The zero-order valence-corrected chi connectivity index (χ0v) is 15.2. The van der Waals surface area contributed by atoms with Gasteiger partial charge in [-0.1, -0.05) is 32.9 Å². The van der Waals surface area contributed by atoms with Gasteiger partial charge in [-0.05, 0) is 29.5 Å². The first-order chi connectivity index (χ1) is 10.7. The number of hydrogen-bond donors (Lipinski definition) is 0. The zero-order chi connectivity index (χ0) is 17.3. The molecule has 1 aliphatic heterocycles. The predicted molar refractivity (Wildman–Crippen MR) is 90.8 cm³/mol. The van der Waals surface area contributed by atoms with Crippen LogP contribution in [0.25, 0.3) is 0 Å². The molecule has 23 heavy (non-hydrogen) atoms. The van der Waals surface area contributed by atoms with Crippen molar-refractivity contribution in [2.45, 2.75) is 44.4 Å². The van der Waals surface area contributed by atoms with Crippen LogP contribution in [-0.4, -0.2) is 49.7 Å². The third-order valence-electron chi connectivity index (χ3n) is 4.84. The summed E-state index contributed by atoms with van der Waals surface area (Å²) in [6.07, 6.45) is 0.992. The van der Waals surface area contributed by atoms with E-state index in [1.54, 1.807) is 17.0 Å². The second-order valence-corrected chi connectivity index (χ2v) is 8.61. The Morgan fingerprint density at radius 2 is 1.61 bits per heavy atom. The second kappa shape index (κ2) is 6.61. The van der Waals surface area contributed by atoms with Gasteiger partial charge >= 0.3 is 0 Å². The number of carbonyl (C=O) groups is 1. The highest BCUT2D eigenvalue weighted by molar-refractivity contribution is 7.89. The van der Waals surface area contributed by atoms with Crippen molar-refractivity contribution in [3.05, 3.63) is 29.8 Å². The van der Waals surface area contributed by atoms with E-state index in [2.05, 4.69) is 20.8 Å². The number of benzene rings is 1. The minimum absolute atomic E-state index is 0.00630. The van der Waals surface area contributed by atoms with Crippen LogP contribution in [0.3, 0.4) is 0 Å². The average Bonchev–Trinajstić information content (AvgIpc) is 2.55. The van der Waals surface area contributed by atoms with Gasteiger partial charge in [-0.25, -0.2) is 8.42 Å². The highest BCUT2D eigenvalue weighted by Crippen LogP contribution is 2.28. The van der Waals surface area contributed by atoms with Crippen molar-refractivity contribution >= 4 is 15.9 Å². The molecule has 0 atom stereocenters. The van der Waals surface area contributed by atoms with E-state index in [1.165, 1.54) is 11.2 Å². The Labute approximate surface area is 139 Å². The van der Waals surface area contributed by atoms with Crippen LogP contribution in [0.15, 0.2) is 29.2 Å². The highest BCUT2D eigenvalue weighted by atomic mass is 32.2. The molecule has 128 valence electrons. The molecule has 0 unspecified atom stereocenters. The van der Waals surface area contributed by atoms with Crippen molar-refractivity contribution in [1.29, 1.82) is 0 Å². The number of carbonyl (C=O) groups excluding carboxylic acids is 1. The van der Waals surface area contributed by atoms with Crippen LogP contribution in [-0.2, 0) is 20.2 Å². The molecule has 6 heteroatoms. The molecule has 1 saturated heterocycles. The summed E-state index contributed by atoms with van der Waals surface area (Å²) in [5.74, 6) is -0.00630. The third kappa shape index (κ3) is 3.75. The number of hydrogen-bond acceptors (Lipinski definition) is 3. The number of nitrogens with zero attached hydrogens (tertiary/aromatic N) is 2. The summed E-state index contributed by atoms with van der Waals surface area (Å²) in [6, 6.07) is 7.20. The average molecular weight is 338 g/mol. The molecule has 0 aliphatic carbocycles. The van der Waals surface area contributed by atoms with Gasteiger partial charge < -0.3 is 4.90 Å². The SMILES string of the molecule is CCC(C)(C)c1ccc(S(=O)(=O)N2CCN(C(C)=O)CC2)cc1.